The molecule has 0 unspecified atom stereocenters. The van der Waals surface area contributed by atoms with Crippen molar-refractivity contribution in [3.8, 4) is 11.5 Å². The van der Waals surface area contributed by atoms with Gasteiger partial charge in [-0.1, -0.05) is 25.1 Å². The number of hydrogen-bond donors (Lipinski definition) is 0. The van der Waals surface area contributed by atoms with Crippen LogP contribution in [0.3, 0.4) is 0 Å². The highest BCUT2D eigenvalue weighted by Crippen LogP contribution is 2.29. The summed E-state index contributed by atoms with van der Waals surface area (Å²) in [5, 5.41) is 0. The molecule has 0 aliphatic rings. The Morgan fingerprint density at radius 1 is 1.00 bits per heavy atom. The molecule has 0 aliphatic heterocycles. The molecule has 0 spiro atoms. The van der Waals surface area contributed by atoms with Crippen molar-refractivity contribution < 1.29 is 14.3 Å². The van der Waals surface area contributed by atoms with E-state index in [1.54, 1.807) is 18.2 Å². The maximum Gasteiger partial charge on any atom is 0.343 e. The molecule has 2 rings (SSSR count). The highest BCUT2D eigenvalue weighted by Gasteiger charge is 2.12. The molecule has 3 heteroatoms. The van der Waals surface area contributed by atoms with Crippen molar-refractivity contribution in [1.82, 2.24) is 0 Å². The lowest BCUT2D eigenvalue weighted by Gasteiger charge is -2.11. The first-order valence-electron chi connectivity index (χ1n) is 7.18. The van der Waals surface area contributed by atoms with Crippen LogP contribution in [0.15, 0.2) is 42.5 Å². The van der Waals surface area contributed by atoms with E-state index in [2.05, 4.69) is 6.92 Å². The van der Waals surface area contributed by atoms with Crippen LogP contribution in [0, 0.1) is 6.92 Å². The number of esters is 1. The maximum atomic E-state index is 12.2. The van der Waals surface area contributed by atoms with Crippen molar-refractivity contribution in [2.75, 3.05) is 6.61 Å². The molecule has 0 saturated heterocycles. The molecule has 0 aliphatic carbocycles. The first-order chi connectivity index (χ1) is 10.1. The lowest BCUT2D eigenvalue weighted by molar-refractivity contribution is 0.0728. The standard InChI is InChI=1S/C18H20O3/c1-4-14-7-9-15(10-8-14)18(19)21-16-11-6-13(3)12-17(16)20-5-2/h6-12H,4-5H2,1-3H3. The second-order valence-corrected chi connectivity index (χ2v) is 4.82. The third kappa shape index (κ3) is 3.85. The smallest absolute Gasteiger partial charge is 0.343 e. The van der Waals surface area contributed by atoms with Crippen LogP contribution in [0.5, 0.6) is 11.5 Å². The second kappa shape index (κ2) is 6.93. The first-order valence-corrected chi connectivity index (χ1v) is 7.18. The molecule has 3 nitrogen and oxygen atoms in total. The fourth-order valence-electron chi connectivity index (χ4n) is 2.00. The molecular formula is C18H20O3. The van der Waals surface area contributed by atoms with E-state index in [1.165, 1.54) is 5.56 Å². The quantitative estimate of drug-likeness (QED) is 0.610. The van der Waals surface area contributed by atoms with E-state index < -0.39 is 0 Å². The molecule has 0 N–H and O–H groups in total. The summed E-state index contributed by atoms with van der Waals surface area (Å²) in [5.41, 5.74) is 2.79. The SMILES string of the molecule is CCOc1cc(C)ccc1OC(=O)c1ccc(CC)cc1. The average molecular weight is 284 g/mol. The van der Waals surface area contributed by atoms with E-state index in [0.29, 0.717) is 23.7 Å². The van der Waals surface area contributed by atoms with Gasteiger partial charge < -0.3 is 9.47 Å². The van der Waals surface area contributed by atoms with E-state index in [1.807, 2.05) is 38.1 Å². The number of rotatable bonds is 5. The first kappa shape index (κ1) is 15.1. The van der Waals surface area contributed by atoms with Crippen molar-refractivity contribution in [1.29, 1.82) is 0 Å². The predicted octanol–water partition coefficient (Wildman–Crippen LogP) is 4.18. The van der Waals surface area contributed by atoms with Gasteiger partial charge in [0, 0.05) is 0 Å². The Bertz CT molecular complexity index is 615. The maximum absolute atomic E-state index is 12.2. The fraction of sp³-hybridized carbons (Fsp3) is 0.278. The lowest BCUT2D eigenvalue weighted by atomic mass is 10.1. The number of carbonyl (C=O) groups excluding carboxylic acids is 1. The van der Waals surface area contributed by atoms with Crippen molar-refractivity contribution >= 4 is 5.97 Å². The number of aryl methyl sites for hydroxylation is 2. The molecular weight excluding hydrogens is 264 g/mol. The van der Waals surface area contributed by atoms with Crippen LogP contribution in [0.25, 0.3) is 0 Å². The summed E-state index contributed by atoms with van der Waals surface area (Å²) in [5.74, 6) is 0.672. The lowest BCUT2D eigenvalue weighted by Crippen LogP contribution is -2.09. The van der Waals surface area contributed by atoms with E-state index in [9.17, 15) is 4.79 Å². The minimum absolute atomic E-state index is 0.373. The average Bonchev–Trinajstić information content (AvgIpc) is 2.50. The monoisotopic (exact) mass is 284 g/mol. The molecule has 0 saturated carbocycles. The minimum Gasteiger partial charge on any atom is -0.490 e. The Hall–Kier alpha value is -2.29. The van der Waals surface area contributed by atoms with Gasteiger partial charge in [-0.25, -0.2) is 4.79 Å². The summed E-state index contributed by atoms with van der Waals surface area (Å²) < 4.78 is 11.0. The van der Waals surface area contributed by atoms with Gasteiger partial charge in [-0.05, 0) is 55.7 Å². The van der Waals surface area contributed by atoms with Gasteiger partial charge in [0.15, 0.2) is 11.5 Å². The Morgan fingerprint density at radius 2 is 1.71 bits per heavy atom. The summed E-state index contributed by atoms with van der Waals surface area (Å²) in [6.07, 6.45) is 0.946. The highest BCUT2D eigenvalue weighted by molar-refractivity contribution is 5.91. The Morgan fingerprint density at radius 3 is 2.33 bits per heavy atom. The number of carbonyl (C=O) groups is 1. The number of benzene rings is 2. The normalized spacial score (nSPS) is 10.2. The minimum atomic E-state index is -0.373. The Kier molecular flexibility index (Phi) is 4.99. The van der Waals surface area contributed by atoms with Crippen molar-refractivity contribution in [2.24, 2.45) is 0 Å². The van der Waals surface area contributed by atoms with Gasteiger partial charge in [0.1, 0.15) is 0 Å². The topological polar surface area (TPSA) is 35.5 Å². The summed E-state index contributed by atoms with van der Waals surface area (Å²) in [6, 6.07) is 13.0. The van der Waals surface area contributed by atoms with E-state index in [0.717, 1.165) is 12.0 Å². The van der Waals surface area contributed by atoms with Crippen LogP contribution in [-0.4, -0.2) is 12.6 Å². The van der Waals surface area contributed by atoms with Crippen LogP contribution in [0.1, 0.15) is 35.3 Å². The van der Waals surface area contributed by atoms with Gasteiger partial charge in [0.05, 0.1) is 12.2 Å². The zero-order valence-electron chi connectivity index (χ0n) is 12.7. The molecule has 0 amide bonds. The molecule has 0 fully saturated rings. The van der Waals surface area contributed by atoms with E-state index in [4.69, 9.17) is 9.47 Å². The van der Waals surface area contributed by atoms with Gasteiger partial charge in [-0.15, -0.1) is 0 Å². The fourth-order valence-corrected chi connectivity index (χ4v) is 2.00. The highest BCUT2D eigenvalue weighted by atomic mass is 16.6. The molecule has 0 radical (unpaired) electrons. The number of ether oxygens (including phenoxy) is 2. The van der Waals surface area contributed by atoms with E-state index >= 15 is 0 Å². The molecule has 2 aromatic rings. The zero-order chi connectivity index (χ0) is 15.2. The summed E-state index contributed by atoms with van der Waals surface area (Å²) in [4.78, 5) is 12.2. The van der Waals surface area contributed by atoms with Gasteiger partial charge in [-0.3, -0.25) is 0 Å². The van der Waals surface area contributed by atoms with Gasteiger partial charge in [0.2, 0.25) is 0 Å². The van der Waals surface area contributed by atoms with Crippen molar-refractivity contribution in [3.05, 3.63) is 59.2 Å². The third-order valence-electron chi connectivity index (χ3n) is 3.20. The summed E-state index contributed by atoms with van der Waals surface area (Å²) in [7, 11) is 0. The van der Waals surface area contributed by atoms with Gasteiger partial charge >= 0.3 is 5.97 Å². The van der Waals surface area contributed by atoms with Crippen LogP contribution >= 0.6 is 0 Å². The molecule has 0 bridgehead atoms. The third-order valence-corrected chi connectivity index (χ3v) is 3.20. The molecule has 0 aromatic heterocycles. The molecule has 2 aromatic carbocycles. The number of hydrogen-bond acceptors (Lipinski definition) is 3. The molecule has 110 valence electrons. The second-order valence-electron chi connectivity index (χ2n) is 4.82. The van der Waals surface area contributed by atoms with Crippen molar-refractivity contribution in [2.45, 2.75) is 27.2 Å². The van der Waals surface area contributed by atoms with Gasteiger partial charge in [-0.2, -0.15) is 0 Å². The predicted molar refractivity (Wildman–Crippen MR) is 83.1 cm³/mol. The van der Waals surface area contributed by atoms with Crippen LogP contribution in [0.2, 0.25) is 0 Å². The van der Waals surface area contributed by atoms with Crippen LogP contribution < -0.4 is 9.47 Å². The van der Waals surface area contributed by atoms with E-state index in [-0.39, 0.29) is 5.97 Å². The molecule has 0 heterocycles. The summed E-state index contributed by atoms with van der Waals surface area (Å²) >= 11 is 0. The van der Waals surface area contributed by atoms with Crippen LogP contribution in [0.4, 0.5) is 0 Å². The zero-order valence-corrected chi connectivity index (χ0v) is 12.7. The summed E-state index contributed by atoms with van der Waals surface area (Å²) in [6.45, 7) is 6.47. The van der Waals surface area contributed by atoms with Crippen LogP contribution in [-0.2, 0) is 6.42 Å². The van der Waals surface area contributed by atoms with Crippen molar-refractivity contribution in [3.63, 3.8) is 0 Å². The molecule has 0 atom stereocenters. The Labute approximate surface area is 125 Å². The Balaban J connectivity index is 2.18. The molecule has 21 heavy (non-hydrogen) atoms. The largest absolute Gasteiger partial charge is 0.490 e. The van der Waals surface area contributed by atoms with Gasteiger partial charge in [0.25, 0.3) is 0 Å².